The summed E-state index contributed by atoms with van der Waals surface area (Å²) < 4.78 is 27.4. The van der Waals surface area contributed by atoms with Crippen molar-refractivity contribution in [3.05, 3.63) is 29.6 Å². The molecule has 0 atom stereocenters. The maximum Gasteiger partial charge on any atom is 0.191 e. The highest BCUT2D eigenvalue weighted by Gasteiger charge is 2.07. The quantitative estimate of drug-likeness (QED) is 0.685. The molecule has 0 saturated carbocycles. The van der Waals surface area contributed by atoms with E-state index in [0.29, 0.717) is 70.0 Å². The molecule has 0 radical (unpaired) electrons. The van der Waals surface area contributed by atoms with Gasteiger partial charge in [0.1, 0.15) is 13.2 Å². The number of hydrogen-bond donors (Lipinski definition) is 0. The van der Waals surface area contributed by atoms with Crippen LogP contribution in [0, 0.1) is 6.57 Å². The van der Waals surface area contributed by atoms with Crippen molar-refractivity contribution in [2.24, 2.45) is 0 Å². The van der Waals surface area contributed by atoms with Gasteiger partial charge in [-0.2, -0.15) is 0 Å². The van der Waals surface area contributed by atoms with Gasteiger partial charge in [0.15, 0.2) is 17.2 Å². The molecule has 0 bridgehead atoms. The normalized spacial score (nSPS) is 18.0. The van der Waals surface area contributed by atoms with Crippen molar-refractivity contribution in [1.29, 1.82) is 0 Å². The molecule has 0 fully saturated rings. The molecule has 1 aliphatic heterocycles. The molecule has 1 heterocycles. The van der Waals surface area contributed by atoms with Crippen LogP contribution in [0.5, 0.6) is 11.5 Å². The summed E-state index contributed by atoms with van der Waals surface area (Å²) in [7, 11) is 0. The second-order valence-corrected chi connectivity index (χ2v) is 4.28. The van der Waals surface area contributed by atoms with E-state index in [9.17, 15) is 0 Å². The van der Waals surface area contributed by atoms with Gasteiger partial charge in [-0.15, -0.1) is 0 Å². The molecule has 0 spiro atoms. The lowest BCUT2D eigenvalue weighted by atomic mass is 10.3. The minimum atomic E-state index is 0.397. The first-order chi connectivity index (χ1) is 10.4. The summed E-state index contributed by atoms with van der Waals surface area (Å²) in [5, 5.41) is 0. The maximum atomic E-state index is 7.05. The minimum Gasteiger partial charge on any atom is -0.489 e. The highest BCUT2D eigenvalue weighted by Crippen LogP contribution is 2.31. The summed E-state index contributed by atoms with van der Waals surface area (Å²) in [5.74, 6) is 1.16. The molecule has 0 aromatic heterocycles. The van der Waals surface area contributed by atoms with Gasteiger partial charge in [0, 0.05) is 0 Å². The van der Waals surface area contributed by atoms with Crippen molar-refractivity contribution in [3.63, 3.8) is 0 Å². The van der Waals surface area contributed by atoms with E-state index in [-0.39, 0.29) is 0 Å². The fraction of sp³-hybridized carbons (Fsp3) is 0.533. The Hall–Kier alpha value is -1.81. The molecule has 1 aromatic carbocycles. The Kier molecular flexibility index (Phi) is 6.81. The molecular weight excluding hydrogens is 274 g/mol. The van der Waals surface area contributed by atoms with E-state index in [4.69, 9.17) is 30.3 Å². The van der Waals surface area contributed by atoms with Crippen LogP contribution in [0.1, 0.15) is 0 Å². The van der Waals surface area contributed by atoms with Crippen LogP contribution in [-0.2, 0) is 14.2 Å². The maximum absolute atomic E-state index is 7.05. The van der Waals surface area contributed by atoms with E-state index in [0.717, 1.165) is 0 Å². The molecular formula is C15H19NO5. The number of rotatable bonds is 0. The van der Waals surface area contributed by atoms with Gasteiger partial charge in [0.2, 0.25) is 0 Å². The Bertz CT molecular complexity index is 472. The van der Waals surface area contributed by atoms with Gasteiger partial charge in [-0.1, -0.05) is 6.07 Å². The Morgan fingerprint density at radius 2 is 1.24 bits per heavy atom. The number of ether oxygens (including phenoxy) is 5. The predicted octanol–water partition coefficient (Wildman–Crippen LogP) is 2.06. The van der Waals surface area contributed by atoms with Gasteiger partial charge in [-0.25, -0.2) is 4.85 Å². The zero-order valence-electron chi connectivity index (χ0n) is 11.9. The summed E-state index contributed by atoms with van der Waals surface area (Å²) in [6.07, 6.45) is 0. The summed E-state index contributed by atoms with van der Waals surface area (Å²) in [4.78, 5) is 3.39. The third-order valence-corrected chi connectivity index (χ3v) is 2.77. The largest absolute Gasteiger partial charge is 0.489 e. The molecule has 1 aliphatic rings. The van der Waals surface area contributed by atoms with Crippen molar-refractivity contribution in [1.82, 2.24) is 0 Å². The smallest absolute Gasteiger partial charge is 0.191 e. The van der Waals surface area contributed by atoms with Crippen LogP contribution in [-0.4, -0.2) is 52.9 Å². The van der Waals surface area contributed by atoms with E-state index in [2.05, 4.69) is 4.85 Å². The number of nitrogens with zero attached hydrogens (tertiary/aromatic N) is 1. The Morgan fingerprint density at radius 1 is 0.714 bits per heavy atom. The van der Waals surface area contributed by atoms with E-state index >= 15 is 0 Å². The second kappa shape index (κ2) is 9.19. The molecule has 21 heavy (non-hydrogen) atoms. The zero-order valence-corrected chi connectivity index (χ0v) is 11.9. The molecule has 0 saturated heterocycles. The summed E-state index contributed by atoms with van der Waals surface area (Å²) in [5.41, 5.74) is 0.515. The third kappa shape index (κ3) is 5.60. The fourth-order valence-corrected chi connectivity index (χ4v) is 1.76. The average Bonchev–Trinajstić information content (AvgIpc) is 2.52. The van der Waals surface area contributed by atoms with Crippen LogP contribution >= 0.6 is 0 Å². The lowest BCUT2D eigenvalue weighted by Crippen LogP contribution is -2.13. The van der Waals surface area contributed by atoms with Crippen molar-refractivity contribution in [2.45, 2.75) is 0 Å². The van der Waals surface area contributed by atoms with E-state index < -0.39 is 0 Å². The van der Waals surface area contributed by atoms with Gasteiger partial charge < -0.3 is 23.7 Å². The van der Waals surface area contributed by atoms with E-state index in [1.165, 1.54) is 0 Å². The number of fused-ring (bicyclic) bond motifs is 1. The molecule has 6 nitrogen and oxygen atoms in total. The SMILES string of the molecule is [C-]#[N+]c1ccc2c(c1)OCCOCCOCCOCCO2. The van der Waals surface area contributed by atoms with Gasteiger partial charge in [0.05, 0.1) is 46.2 Å². The van der Waals surface area contributed by atoms with Gasteiger partial charge in [-0.05, 0) is 12.1 Å². The molecule has 1 aromatic rings. The van der Waals surface area contributed by atoms with Crippen LogP contribution < -0.4 is 9.47 Å². The van der Waals surface area contributed by atoms with Gasteiger partial charge in [-0.3, -0.25) is 0 Å². The highest BCUT2D eigenvalue weighted by molar-refractivity contribution is 5.55. The molecule has 0 unspecified atom stereocenters. The Morgan fingerprint density at radius 3 is 1.81 bits per heavy atom. The Labute approximate surface area is 124 Å². The van der Waals surface area contributed by atoms with Crippen molar-refractivity contribution in [3.8, 4) is 11.5 Å². The monoisotopic (exact) mass is 293 g/mol. The topological polar surface area (TPSA) is 50.5 Å². The summed E-state index contributed by atoms with van der Waals surface area (Å²) >= 11 is 0. The number of benzene rings is 1. The van der Waals surface area contributed by atoms with E-state index in [1.807, 2.05) is 0 Å². The van der Waals surface area contributed by atoms with E-state index in [1.54, 1.807) is 18.2 Å². The molecule has 0 amide bonds. The Balaban J connectivity index is 1.98. The van der Waals surface area contributed by atoms with Crippen molar-refractivity contribution in [2.75, 3.05) is 52.9 Å². The van der Waals surface area contributed by atoms with Crippen LogP contribution in [0.4, 0.5) is 5.69 Å². The first-order valence-electron chi connectivity index (χ1n) is 6.90. The first kappa shape index (κ1) is 15.6. The standard InChI is InChI=1S/C15H19NO5/c1-16-13-2-3-14-15(12-13)21-11-9-19-7-5-17-4-6-18-8-10-20-14/h2-3,12H,4-11H2. The summed E-state index contributed by atoms with van der Waals surface area (Å²) in [6, 6.07) is 5.11. The van der Waals surface area contributed by atoms with Gasteiger partial charge >= 0.3 is 0 Å². The highest BCUT2D eigenvalue weighted by atomic mass is 16.6. The molecule has 6 heteroatoms. The molecule has 0 aliphatic carbocycles. The number of hydrogen-bond acceptors (Lipinski definition) is 5. The first-order valence-corrected chi connectivity index (χ1v) is 6.90. The van der Waals surface area contributed by atoms with Crippen LogP contribution in [0.25, 0.3) is 4.85 Å². The lowest BCUT2D eigenvalue weighted by molar-refractivity contribution is 0.00708. The predicted molar refractivity (Wildman–Crippen MR) is 76.2 cm³/mol. The second-order valence-electron chi connectivity index (χ2n) is 4.28. The van der Waals surface area contributed by atoms with Crippen LogP contribution in [0.15, 0.2) is 18.2 Å². The average molecular weight is 293 g/mol. The van der Waals surface area contributed by atoms with Crippen LogP contribution in [0.2, 0.25) is 0 Å². The fourth-order valence-electron chi connectivity index (χ4n) is 1.76. The van der Waals surface area contributed by atoms with Crippen LogP contribution in [0.3, 0.4) is 0 Å². The third-order valence-electron chi connectivity index (χ3n) is 2.77. The van der Waals surface area contributed by atoms with Crippen molar-refractivity contribution < 1.29 is 23.7 Å². The minimum absolute atomic E-state index is 0.397. The molecule has 2 rings (SSSR count). The summed E-state index contributed by atoms with van der Waals surface area (Å²) in [6.45, 7) is 10.9. The van der Waals surface area contributed by atoms with Crippen molar-refractivity contribution >= 4 is 5.69 Å². The molecule has 0 N–H and O–H groups in total. The lowest BCUT2D eigenvalue weighted by Gasteiger charge is -2.13. The molecule has 114 valence electrons. The van der Waals surface area contributed by atoms with Gasteiger partial charge in [0.25, 0.3) is 0 Å². The zero-order chi connectivity index (χ0) is 14.8.